The first kappa shape index (κ1) is 29.0. The highest BCUT2D eigenvalue weighted by Gasteiger charge is 2.15. The summed E-state index contributed by atoms with van der Waals surface area (Å²) in [6, 6.07) is 14.2. The van der Waals surface area contributed by atoms with Crippen LogP contribution in [-0.2, 0) is 4.79 Å². The third-order valence-electron chi connectivity index (χ3n) is 5.24. The van der Waals surface area contributed by atoms with Crippen LogP contribution in [0.2, 0.25) is 0 Å². The number of benzene rings is 3. The molecule has 204 valence electrons. The second kappa shape index (κ2) is 13.8. The zero-order chi connectivity index (χ0) is 28.4. The number of hydrogen-bond donors (Lipinski definition) is 2. The van der Waals surface area contributed by atoms with Crippen LogP contribution in [0, 0.1) is 0 Å². The fraction of sp³-hybridized carbons (Fsp3) is 0.185. The van der Waals surface area contributed by atoms with Gasteiger partial charge in [0.25, 0.3) is 11.8 Å². The summed E-state index contributed by atoms with van der Waals surface area (Å²) in [5, 5.41) is 6.41. The molecule has 0 heterocycles. The molecule has 0 spiro atoms. The summed E-state index contributed by atoms with van der Waals surface area (Å²) >= 11 is 3.36. The van der Waals surface area contributed by atoms with Gasteiger partial charge in [-0.15, -0.1) is 0 Å². The zero-order valence-corrected chi connectivity index (χ0v) is 23.2. The molecule has 0 atom stereocenters. The van der Waals surface area contributed by atoms with Crippen molar-refractivity contribution in [2.24, 2.45) is 5.10 Å². The van der Waals surface area contributed by atoms with Gasteiger partial charge in [-0.3, -0.25) is 9.59 Å². The van der Waals surface area contributed by atoms with E-state index in [9.17, 15) is 14.4 Å². The third kappa shape index (κ3) is 7.71. The average molecular weight is 600 g/mol. The van der Waals surface area contributed by atoms with Gasteiger partial charge in [0.2, 0.25) is 0 Å². The number of carbonyl (C=O) groups excluding carboxylic acids is 3. The fourth-order valence-electron chi connectivity index (χ4n) is 3.29. The molecule has 0 aliphatic carbocycles. The molecule has 11 nitrogen and oxygen atoms in total. The summed E-state index contributed by atoms with van der Waals surface area (Å²) < 4.78 is 27.0. The Morgan fingerprint density at radius 3 is 1.95 bits per heavy atom. The quantitative estimate of drug-likeness (QED) is 0.148. The van der Waals surface area contributed by atoms with E-state index in [4.69, 9.17) is 23.7 Å². The van der Waals surface area contributed by atoms with Crippen LogP contribution < -0.4 is 34.4 Å². The molecular weight excluding hydrogens is 574 g/mol. The van der Waals surface area contributed by atoms with Gasteiger partial charge >= 0.3 is 5.97 Å². The molecule has 0 radical (unpaired) electrons. The fourth-order valence-corrected chi connectivity index (χ4v) is 3.67. The first-order chi connectivity index (χ1) is 18.8. The standard InChI is InChI=1S/C27H26BrN3O8/c1-35-21-8-5-16(12-23(21)37-3)26(33)29-15-25(32)31-30-14-18-11-19(28)7-10-20(18)39-27(34)17-6-9-22(36-2)24(13-17)38-4/h5-14H,15H2,1-4H3,(H,29,33)(H,31,32)/b30-14+. The number of hydrazone groups is 1. The summed E-state index contributed by atoms with van der Waals surface area (Å²) in [5.74, 6) is 0.239. The molecule has 0 fully saturated rings. The first-order valence-electron chi connectivity index (χ1n) is 11.4. The van der Waals surface area contributed by atoms with Crippen molar-refractivity contribution < 1.29 is 38.1 Å². The predicted octanol–water partition coefficient (Wildman–Crippen LogP) is 3.58. The average Bonchev–Trinajstić information content (AvgIpc) is 2.96. The Bertz CT molecular complexity index is 1390. The minimum absolute atomic E-state index is 0.206. The number of amides is 2. The molecule has 0 saturated carbocycles. The van der Waals surface area contributed by atoms with Gasteiger partial charge in [0.05, 0.1) is 46.8 Å². The minimum atomic E-state index is -0.630. The van der Waals surface area contributed by atoms with Gasteiger partial charge in [0.15, 0.2) is 23.0 Å². The Kier molecular flexibility index (Phi) is 10.3. The van der Waals surface area contributed by atoms with Crippen molar-refractivity contribution >= 4 is 39.9 Å². The van der Waals surface area contributed by atoms with E-state index < -0.39 is 17.8 Å². The molecule has 3 rings (SSSR count). The summed E-state index contributed by atoms with van der Waals surface area (Å²) in [7, 11) is 5.90. The Labute approximate surface area is 233 Å². The molecule has 39 heavy (non-hydrogen) atoms. The third-order valence-corrected chi connectivity index (χ3v) is 5.74. The van der Waals surface area contributed by atoms with Crippen LogP contribution in [0.3, 0.4) is 0 Å². The van der Waals surface area contributed by atoms with Crippen molar-refractivity contribution in [3.8, 4) is 28.7 Å². The summed E-state index contributed by atoms with van der Waals surface area (Å²) in [5.41, 5.74) is 3.27. The van der Waals surface area contributed by atoms with Gasteiger partial charge in [0, 0.05) is 15.6 Å². The summed E-state index contributed by atoms with van der Waals surface area (Å²) in [4.78, 5) is 37.4. The number of hydrogen-bond acceptors (Lipinski definition) is 9. The van der Waals surface area contributed by atoms with Crippen LogP contribution >= 0.6 is 15.9 Å². The lowest BCUT2D eigenvalue weighted by atomic mass is 10.2. The van der Waals surface area contributed by atoms with Crippen molar-refractivity contribution in [3.05, 3.63) is 75.8 Å². The number of esters is 1. The van der Waals surface area contributed by atoms with Gasteiger partial charge in [-0.25, -0.2) is 10.2 Å². The van der Waals surface area contributed by atoms with Crippen molar-refractivity contribution in [2.45, 2.75) is 0 Å². The Balaban J connectivity index is 1.62. The second-order valence-corrected chi connectivity index (χ2v) is 8.60. The maximum absolute atomic E-state index is 12.7. The molecule has 2 N–H and O–H groups in total. The van der Waals surface area contributed by atoms with Gasteiger partial charge in [-0.05, 0) is 54.6 Å². The lowest BCUT2D eigenvalue weighted by molar-refractivity contribution is -0.120. The lowest BCUT2D eigenvalue weighted by Crippen LogP contribution is -2.34. The monoisotopic (exact) mass is 599 g/mol. The molecule has 0 aromatic heterocycles. The van der Waals surface area contributed by atoms with E-state index in [1.54, 1.807) is 42.5 Å². The van der Waals surface area contributed by atoms with Gasteiger partial charge in [-0.1, -0.05) is 15.9 Å². The van der Waals surface area contributed by atoms with E-state index in [0.717, 1.165) is 0 Å². The van der Waals surface area contributed by atoms with E-state index in [1.807, 2.05) is 0 Å². The zero-order valence-electron chi connectivity index (χ0n) is 21.6. The molecule has 0 unspecified atom stereocenters. The summed E-state index contributed by atoms with van der Waals surface area (Å²) in [6.07, 6.45) is 1.32. The number of halogens is 1. The Hall–Kier alpha value is -4.58. The van der Waals surface area contributed by atoms with Crippen molar-refractivity contribution in [2.75, 3.05) is 35.0 Å². The smallest absolute Gasteiger partial charge is 0.343 e. The number of methoxy groups -OCH3 is 4. The van der Waals surface area contributed by atoms with E-state index in [0.29, 0.717) is 38.6 Å². The molecule has 0 bridgehead atoms. The molecule has 0 aliphatic heterocycles. The van der Waals surface area contributed by atoms with Crippen LogP contribution in [0.15, 0.2) is 64.2 Å². The highest BCUT2D eigenvalue weighted by atomic mass is 79.9. The van der Waals surface area contributed by atoms with Crippen molar-refractivity contribution in [3.63, 3.8) is 0 Å². The Morgan fingerprint density at radius 1 is 0.769 bits per heavy atom. The van der Waals surface area contributed by atoms with E-state index in [1.165, 1.54) is 46.8 Å². The van der Waals surface area contributed by atoms with E-state index in [2.05, 4.69) is 31.8 Å². The van der Waals surface area contributed by atoms with E-state index in [-0.39, 0.29) is 17.9 Å². The molecular formula is C27H26BrN3O8. The van der Waals surface area contributed by atoms with Gasteiger partial charge in [0.1, 0.15) is 5.75 Å². The largest absolute Gasteiger partial charge is 0.493 e. The minimum Gasteiger partial charge on any atom is -0.493 e. The summed E-state index contributed by atoms with van der Waals surface area (Å²) in [6.45, 7) is -0.329. The van der Waals surface area contributed by atoms with Crippen LogP contribution in [0.4, 0.5) is 0 Å². The number of nitrogens with zero attached hydrogens (tertiary/aromatic N) is 1. The number of nitrogens with one attached hydrogen (secondary N) is 2. The number of ether oxygens (including phenoxy) is 5. The molecule has 3 aromatic rings. The highest BCUT2D eigenvalue weighted by molar-refractivity contribution is 9.10. The SMILES string of the molecule is COc1ccc(C(=O)NCC(=O)N/N=C/c2cc(Br)ccc2OC(=O)c2ccc(OC)c(OC)c2)cc1OC. The first-order valence-corrected chi connectivity index (χ1v) is 12.1. The lowest BCUT2D eigenvalue weighted by Gasteiger charge is -2.11. The number of carbonyl (C=O) groups is 3. The van der Waals surface area contributed by atoms with Crippen LogP contribution in [-0.4, -0.2) is 59.0 Å². The van der Waals surface area contributed by atoms with Crippen molar-refractivity contribution in [1.29, 1.82) is 0 Å². The van der Waals surface area contributed by atoms with Crippen LogP contribution in [0.25, 0.3) is 0 Å². The second-order valence-electron chi connectivity index (χ2n) is 7.69. The maximum Gasteiger partial charge on any atom is 0.343 e. The molecule has 0 saturated heterocycles. The van der Waals surface area contributed by atoms with E-state index >= 15 is 0 Å². The number of rotatable bonds is 11. The van der Waals surface area contributed by atoms with Gasteiger partial charge < -0.3 is 29.0 Å². The Morgan fingerprint density at radius 2 is 1.33 bits per heavy atom. The molecule has 0 aliphatic rings. The van der Waals surface area contributed by atoms with Crippen LogP contribution in [0.1, 0.15) is 26.3 Å². The maximum atomic E-state index is 12.7. The normalized spacial score (nSPS) is 10.5. The molecule has 12 heteroatoms. The highest BCUT2D eigenvalue weighted by Crippen LogP contribution is 2.29. The molecule has 2 amide bonds. The predicted molar refractivity (Wildman–Crippen MR) is 146 cm³/mol. The molecule has 3 aromatic carbocycles. The van der Waals surface area contributed by atoms with Gasteiger partial charge in [-0.2, -0.15) is 5.10 Å². The van der Waals surface area contributed by atoms with Crippen molar-refractivity contribution in [1.82, 2.24) is 10.7 Å². The van der Waals surface area contributed by atoms with Crippen LogP contribution in [0.5, 0.6) is 28.7 Å². The topological polar surface area (TPSA) is 134 Å².